The molecule has 0 aliphatic carbocycles. The van der Waals surface area contributed by atoms with Gasteiger partial charge in [-0.05, 0) is 51.4 Å². The lowest BCUT2D eigenvalue weighted by molar-refractivity contribution is 0.242. The fourth-order valence-corrected chi connectivity index (χ4v) is 2.44. The van der Waals surface area contributed by atoms with Gasteiger partial charge in [0.15, 0.2) is 0 Å². The monoisotopic (exact) mass is 248 g/mol. The SMILES string of the molecule is CNCc1ccc(N2CCCC2)c(OC(C)C)c1. The maximum Gasteiger partial charge on any atom is 0.143 e. The average molecular weight is 248 g/mol. The van der Waals surface area contributed by atoms with Crippen LogP contribution in [0.4, 0.5) is 5.69 Å². The second-order valence-corrected chi connectivity index (χ2v) is 5.19. The third-order valence-electron chi connectivity index (χ3n) is 3.21. The van der Waals surface area contributed by atoms with Gasteiger partial charge in [0.25, 0.3) is 0 Å². The number of ether oxygens (including phenoxy) is 1. The molecule has 1 aromatic carbocycles. The van der Waals surface area contributed by atoms with E-state index in [-0.39, 0.29) is 6.10 Å². The first-order valence-corrected chi connectivity index (χ1v) is 6.90. The minimum Gasteiger partial charge on any atom is -0.489 e. The Morgan fingerprint density at radius 1 is 1.28 bits per heavy atom. The molecule has 0 aromatic heterocycles. The standard InChI is InChI=1S/C15H24N2O/c1-12(2)18-15-10-13(11-16-3)6-7-14(15)17-8-4-5-9-17/h6-7,10,12,16H,4-5,8-9,11H2,1-3H3. The Kier molecular flexibility index (Phi) is 4.48. The normalized spacial score (nSPS) is 15.4. The number of benzene rings is 1. The van der Waals surface area contributed by atoms with Gasteiger partial charge in [-0.2, -0.15) is 0 Å². The molecule has 1 fully saturated rings. The van der Waals surface area contributed by atoms with Gasteiger partial charge in [0.2, 0.25) is 0 Å². The van der Waals surface area contributed by atoms with Crippen molar-refractivity contribution in [3.05, 3.63) is 23.8 Å². The number of hydrogen-bond acceptors (Lipinski definition) is 3. The lowest BCUT2D eigenvalue weighted by Crippen LogP contribution is -2.20. The molecule has 1 N–H and O–H groups in total. The molecule has 1 heterocycles. The number of rotatable bonds is 5. The van der Waals surface area contributed by atoms with Gasteiger partial charge in [0.05, 0.1) is 11.8 Å². The minimum atomic E-state index is 0.219. The first-order chi connectivity index (χ1) is 8.70. The van der Waals surface area contributed by atoms with Gasteiger partial charge in [-0.15, -0.1) is 0 Å². The lowest BCUT2D eigenvalue weighted by Gasteiger charge is -2.23. The zero-order valence-electron chi connectivity index (χ0n) is 11.7. The molecular weight excluding hydrogens is 224 g/mol. The van der Waals surface area contributed by atoms with Crippen LogP contribution < -0.4 is 15.0 Å². The van der Waals surface area contributed by atoms with E-state index < -0.39 is 0 Å². The highest BCUT2D eigenvalue weighted by Gasteiger charge is 2.17. The molecule has 0 spiro atoms. The highest BCUT2D eigenvalue weighted by Crippen LogP contribution is 2.32. The molecule has 0 saturated carbocycles. The Hall–Kier alpha value is -1.22. The molecular formula is C15H24N2O. The minimum absolute atomic E-state index is 0.219. The summed E-state index contributed by atoms with van der Waals surface area (Å²) < 4.78 is 5.98. The van der Waals surface area contributed by atoms with Crippen LogP contribution in [-0.2, 0) is 6.54 Å². The van der Waals surface area contributed by atoms with Gasteiger partial charge in [-0.1, -0.05) is 6.07 Å². The summed E-state index contributed by atoms with van der Waals surface area (Å²) in [7, 11) is 1.97. The molecule has 0 atom stereocenters. The van der Waals surface area contributed by atoms with Crippen molar-refractivity contribution in [2.75, 3.05) is 25.0 Å². The van der Waals surface area contributed by atoms with Crippen molar-refractivity contribution < 1.29 is 4.74 Å². The fraction of sp³-hybridized carbons (Fsp3) is 0.600. The quantitative estimate of drug-likeness (QED) is 0.867. The Balaban J connectivity index is 2.25. The van der Waals surface area contributed by atoms with Gasteiger partial charge < -0.3 is 15.0 Å². The summed E-state index contributed by atoms with van der Waals surface area (Å²) in [5.41, 5.74) is 2.53. The van der Waals surface area contributed by atoms with Crippen molar-refractivity contribution in [3.63, 3.8) is 0 Å². The molecule has 0 unspecified atom stereocenters. The Bertz CT molecular complexity index is 384. The highest BCUT2D eigenvalue weighted by atomic mass is 16.5. The second-order valence-electron chi connectivity index (χ2n) is 5.19. The van der Waals surface area contributed by atoms with E-state index in [1.165, 1.54) is 24.1 Å². The van der Waals surface area contributed by atoms with Crippen LogP contribution in [0.2, 0.25) is 0 Å². The molecule has 1 aliphatic rings. The zero-order valence-corrected chi connectivity index (χ0v) is 11.7. The third kappa shape index (κ3) is 3.16. The highest BCUT2D eigenvalue weighted by molar-refractivity contribution is 5.60. The van der Waals surface area contributed by atoms with E-state index >= 15 is 0 Å². The van der Waals surface area contributed by atoms with Crippen LogP contribution in [0.3, 0.4) is 0 Å². The van der Waals surface area contributed by atoms with Crippen LogP contribution in [0.1, 0.15) is 32.3 Å². The van der Waals surface area contributed by atoms with E-state index in [2.05, 4.69) is 42.3 Å². The van der Waals surface area contributed by atoms with E-state index in [4.69, 9.17) is 4.74 Å². The van der Waals surface area contributed by atoms with Crippen molar-refractivity contribution in [1.29, 1.82) is 0 Å². The number of nitrogens with one attached hydrogen (secondary N) is 1. The molecule has 3 heteroatoms. The summed E-state index contributed by atoms with van der Waals surface area (Å²) in [5, 5.41) is 3.18. The predicted octanol–water partition coefficient (Wildman–Crippen LogP) is 2.79. The summed E-state index contributed by atoms with van der Waals surface area (Å²) >= 11 is 0. The molecule has 0 amide bonds. The molecule has 100 valence electrons. The van der Waals surface area contributed by atoms with Crippen molar-refractivity contribution >= 4 is 5.69 Å². The lowest BCUT2D eigenvalue weighted by atomic mass is 10.1. The van der Waals surface area contributed by atoms with Gasteiger partial charge in [0.1, 0.15) is 5.75 Å². The van der Waals surface area contributed by atoms with Gasteiger partial charge >= 0.3 is 0 Å². The summed E-state index contributed by atoms with van der Waals surface area (Å²) in [6, 6.07) is 6.57. The van der Waals surface area contributed by atoms with E-state index in [9.17, 15) is 0 Å². The van der Waals surface area contributed by atoms with E-state index in [1.807, 2.05) is 7.05 Å². The topological polar surface area (TPSA) is 24.5 Å². The summed E-state index contributed by atoms with van der Waals surface area (Å²) in [4.78, 5) is 2.43. The van der Waals surface area contributed by atoms with Crippen molar-refractivity contribution in [2.24, 2.45) is 0 Å². The molecule has 3 nitrogen and oxygen atoms in total. The maximum absolute atomic E-state index is 5.98. The largest absolute Gasteiger partial charge is 0.489 e. The first-order valence-electron chi connectivity index (χ1n) is 6.90. The first kappa shape index (κ1) is 13.2. The van der Waals surface area contributed by atoms with E-state index in [0.29, 0.717) is 0 Å². The number of hydrogen-bond donors (Lipinski definition) is 1. The zero-order chi connectivity index (χ0) is 13.0. The molecule has 1 aromatic rings. The van der Waals surface area contributed by atoms with E-state index in [1.54, 1.807) is 0 Å². The smallest absolute Gasteiger partial charge is 0.143 e. The summed E-state index contributed by atoms with van der Waals surface area (Å²) in [6.45, 7) is 7.35. The Morgan fingerprint density at radius 3 is 2.61 bits per heavy atom. The molecule has 1 aliphatic heterocycles. The summed E-state index contributed by atoms with van der Waals surface area (Å²) in [5.74, 6) is 1.03. The predicted molar refractivity (Wildman–Crippen MR) is 76.4 cm³/mol. The van der Waals surface area contributed by atoms with Crippen LogP contribution in [0.25, 0.3) is 0 Å². The second kappa shape index (κ2) is 6.10. The molecule has 0 radical (unpaired) electrons. The Labute approximate surface area is 110 Å². The van der Waals surface area contributed by atoms with Crippen LogP contribution in [0, 0.1) is 0 Å². The van der Waals surface area contributed by atoms with Crippen molar-refractivity contribution in [1.82, 2.24) is 5.32 Å². The molecule has 0 bridgehead atoms. The Morgan fingerprint density at radius 2 is 2.00 bits per heavy atom. The van der Waals surface area contributed by atoms with Crippen molar-refractivity contribution in [2.45, 2.75) is 39.3 Å². The number of nitrogens with zero attached hydrogens (tertiary/aromatic N) is 1. The fourth-order valence-electron chi connectivity index (χ4n) is 2.44. The van der Waals surface area contributed by atoms with Gasteiger partial charge in [-0.3, -0.25) is 0 Å². The van der Waals surface area contributed by atoms with Crippen LogP contribution in [-0.4, -0.2) is 26.2 Å². The van der Waals surface area contributed by atoms with Crippen LogP contribution in [0.15, 0.2) is 18.2 Å². The molecule has 1 saturated heterocycles. The van der Waals surface area contributed by atoms with Gasteiger partial charge in [-0.25, -0.2) is 0 Å². The van der Waals surface area contributed by atoms with Crippen LogP contribution in [0.5, 0.6) is 5.75 Å². The summed E-state index contributed by atoms with van der Waals surface area (Å²) in [6.07, 6.45) is 2.80. The van der Waals surface area contributed by atoms with Crippen LogP contribution >= 0.6 is 0 Å². The molecule has 18 heavy (non-hydrogen) atoms. The average Bonchev–Trinajstić information content (AvgIpc) is 2.82. The third-order valence-corrected chi connectivity index (χ3v) is 3.21. The van der Waals surface area contributed by atoms with Crippen molar-refractivity contribution in [3.8, 4) is 5.75 Å². The molecule has 2 rings (SSSR count). The van der Waals surface area contributed by atoms with Gasteiger partial charge in [0, 0.05) is 19.6 Å². The number of anilines is 1. The maximum atomic E-state index is 5.98. The van der Waals surface area contributed by atoms with E-state index in [0.717, 1.165) is 25.4 Å².